The highest BCUT2D eigenvalue weighted by molar-refractivity contribution is 5.95. The molecule has 3 nitrogen and oxygen atoms in total. The Bertz CT molecular complexity index is 450. The number of carbonyl (C=O) groups excluding carboxylic acids is 1. The second-order valence-electron chi connectivity index (χ2n) is 5.94. The van der Waals surface area contributed by atoms with E-state index >= 15 is 0 Å². The van der Waals surface area contributed by atoms with Gasteiger partial charge in [0.2, 0.25) is 0 Å². The minimum absolute atomic E-state index is 0.0498. The fourth-order valence-electron chi connectivity index (χ4n) is 3.26. The number of carbonyl (C=O) groups is 1. The molecule has 3 heteroatoms. The molecular weight excluding hydrogens is 248 g/mol. The third kappa shape index (κ3) is 3.40. The van der Waals surface area contributed by atoms with Gasteiger partial charge in [-0.25, -0.2) is 0 Å². The molecule has 110 valence electrons. The minimum atomic E-state index is 0.0498. The molecule has 0 spiro atoms. The second kappa shape index (κ2) is 6.89. The smallest absolute Gasteiger partial charge is 0.251 e. The van der Waals surface area contributed by atoms with Crippen molar-refractivity contribution in [2.75, 3.05) is 13.1 Å². The van der Waals surface area contributed by atoms with Gasteiger partial charge in [-0.2, -0.15) is 0 Å². The van der Waals surface area contributed by atoms with E-state index in [1.165, 1.54) is 25.7 Å². The molecule has 1 aliphatic rings. The van der Waals surface area contributed by atoms with Crippen LogP contribution in [-0.2, 0) is 6.42 Å². The van der Waals surface area contributed by atoms with E-state index in [1.54, 1.807) is 0 Å². The molecule has 1 amide bonds. The maximum absolute atomic E-state index is 12.4. The highest BCUT2D eigenvalue weighted by Crippen LogP contribution is 2.40. The lowest BCUT2D eigenvalue weighted by Crippen LogP contribution is -2.36. The number of benzene rings is 1. The summed E-state index contributed by atoms with van der Waals surface area (Å²) in [6.45, 7) is 3.61. The molecule has 0 radical (unpaired) electrons. The predicted octanol–water partition coefficient (Wildman–Crippen LogP) is 2.89. The molecule has 0 bridgehead atoms. The van der Waals surface area contributed by atoms with E-state index in [0.717, 1.165) is 30.5 Å². The number of rotatable bonds is 6. The molecule has 2 rings (SSSR count). The molecule has 1 fully saturated rings. The van der Waals surface area contributed by atoms with Gasteiger partial charge in [0.1, 0.15) is 0 Å². The van der Waals surface area contributed by atoms with Crippen molar-refractivity contribution < 1.29 is 4.79 Å². The quantitative estimate of drug-likeness (QED) is 0.838. The number of amides is 1. The van der Waals surface area contributed by atoms with Crippen molar-refractivity contribution in [3.8, 4) is 0 Å². The van der Waals surface area contributed by atoms with Crippen LogP contribution in [0.5, 0.6) is 0 Å². The van der Waals surface area contributed by atoms with Gasteiger partial charge in [-0.05, 0) is 49.3 Å². The first-order chi connectivity index (χ1) is 9.71. The van der Waals surface area contributed by atoms with Crippen LogP contribution in [0.15, 0.2) is 24.3 Å². The molecule has 0 heterocycles. The Labute approximate surface area is 121 Å². The maximum atomic E-state index is 12.4. The van der Waals surface area contributed by atoms with Gasteiger partial charge in [0.25, 0.3) is 5.91 Å². The molecule has 20 heavy (non-hydrogen) atoms. The van der Waals surface area contributed by atoms with Gasteiger partial charge in [0.05, 0.1) is 0 Å². The largest absolute Gasteiger partial charge is 0.351 e. The molecular formula is C17H26N2O. The second-order valence-corrected chi connectivity index (χ2v) is 5.94. The summed E-state index contributed by atoms with van der Waals surface area (Å²) in [6, 6.07) is 7.77. The Kier molecular flexibility index (Phi) is 5.18. The van der Waals surface area contributed by atoms with Gasteiger partial charge in [0, 0.05) is 12.1 Å². The zero-order valence-electron chi connectivity index (χ0n) is 12.5. The van der Waals surface area contributed by atoms with Crippen molar-refractivity contribution in [3.63, 3.8) is 0 Å². The molecule has 0 atom stereocenters. The highest BCUT2D eigenvalue weighted by atomic mass is 16.1. The van der Waals surface area contributed by atoms with Crippen LogP contribution in [0.4, 0.5) is 0 Å². The Morgan fingerprint density at radius 1 is 1.30 bits per heavy atom. The standard InChI is InChI=1S/C17H26N2O/c1-2-17(10-5-6-11-17)13-19-16(20)15-8-4-3-7-14(15)9-12-18/h3-4,7-8H,2,5-6,9-13,18H2,1H3,(H,19,20). The first kappa shape index (κ1) is 15.0. The van der Waals surface area contributed by atoms with Gasteiger partial charge in [-0.15, -0.1) is 0 Å². The lowest BCUT2D eigenvalue weighted by molar-refractivity contribution is 0.0928. The molecule has 1 saturated carbocycles. The zero-order valence-corrected chi connectivity index (χ0v) is 12.5. The van der Waals surface area contributed by atoms with Crippen LogP contribution < -0.4 is 11.1 Å². The molecule has 0 unspecified atom stereocenters. The first-order valence-electron chi connectivity index (χ1n) is 7.77. The van der Waals surface area contributed by atoms with Gasteiger partial charge < -0.3 is 11.1 Å². The van der Waals surface area contributed by atoms with E-state index < -0.39 is 0 Å². The molecule has 1 aliphatic carbocycles. The third-order valence-electron chi connectivity index (χ3n) is 4.71. The average Bonchev–Trinajstić information content (AvgIpc) is 2.95. The molecule has 0 aliphatic heterocycles. The van der Waals surface area contributed by atoms with E-state index in [0.29, 0.717) is 12.0 Å². The lowest BCUT2D eigenvalue weighted by atomic mass is 9.83. The van der Waals surface area contributed by atoms with Gasteiger partial charge >= 0.3 is 0 Å². The summed E-state index contributed by atoms with van der Waals surface area (Å²) in [7, 11) is 0. The summed E-state index contributed by atoms with van der Waals surface area (Å²) in [6.07, 6.45) is 6.99. The number of hydrogen-bond acceptors (Lipinski definition) is 2. The van der Waals surface area contributed by atoms with E-state index in [-0.39, 0.29) is 5.91 Å². The highest BCUT2D eigenvalue weighted by Gasteiger charge is 2.32. The first-order valence-corrected chi connectivity index (χ1v) is 7.77. The zero-order chi connectivity index (χ0) is 14.4. The summed E-state index contributed by atoms with van der Waals surface area (Å²) in [5, 5.41) is 3.15. The fourth-order valence-corrected chi connectivity index (χ4v) is 3.26. The number of nitrogens with one attached hydrogen (secondary N) is 1. The Morgan fingerprint density at radius 2 is 2.00 bits per heavy atom. The Balaban J connectivity index is 2.01. The lowest BCUT2D eigenvalue weighted by Gasteiger charge is -2.27. The van der Waals surface area contributed by atoms with E-state index in [2.05, 4.69) is 12.2 Å². The normalized spacial score (nSPS) is 17.1. The van der Waals surface area contributed by atoms with Gasteiger partial charge in [-0.3, -0.25) is 4.79 Å². The third-order valence-corrected chi connectivity index (χ3v) is 4.71. The van der Waals surface area contributed by atoms with E-state index in [9.17, 15) is 4.79 Å². The van der Waals surface area contributed by atoms with E-state index in [4.69, 9.17) is 5.73 Å². The van der Waals surface area contributed by atoms with Crippen LogP contribution in [0.25, 0.3) is 0 Å². The number of hydrogen-bond donors (Lipinski definition) is 2. The van der Waals surface area contributed by atoms with Crippen molar-refractivity contribution in [2.45, 2.75) is 45.4 Å². The molecule has 3 N–H and O–H groups in total. The van der Waals surface area contributed by atoms with Crippen LogP contribution >= 0.6 is 0 Å². The van der Waals surface area contributed by atoms with Crippen molar-refractivity contribution in [1.82, 2.24) is 5.32 Å². The minimum Gasteiger partial charge on any atom is -0.351 e. The van der Waals surface area contributed by atoms with Crippen LogP contribution in [0.2, 0.25) is 0 Å². The summed E-state index contributed by atoms with van der Waals surface area (Å²) in [5.41, 5.74) is 7.77. The summed E-state index contributed by atoms with van der Waals surface area (Å²) in [5.74, 6) is 0.0498. The molecule has 0 saturated heterocycles. The van der Waals surface area contributed by atoms with Gasteiger partial charge in [-0.1, -0.05) is 38.0 Å². The monoisotopic (exact) mass is 274 g/mol. The predicted molar refractivity (Wildman–Crippen MR) is 82.7 cm³/mol. The summed E-state index contributed by atoms with van der Waals surface area (Å²) >= 11 is 0. The van der Waals surface area contributed by atoms with Crippen molar-refractivity contribution in [3.05, 3.63) is 35.4 Å². The van der Waals surface area contributed by atoms with Crippen molar-refractivity contribution >= 4 is 5.91 Å². The number of nitrogens with two attached hydrogens (primary N) is 1. The topological polar surface area (TPSA) is 55.1 Å². The van der Waals surface area contributed by atoms with Crippen LogP contribution in [0.1, 0.15) is 54.9 Å². The van der Waals surface area contributed by atoms with E-state index in [1.807, 2.05) is 24.3 Å². The SMILES string of the molecule is CCC1(CNC(=O)c2ccccc2CCN)CCCC1. The maximum Gasteiger partial charge on any atom is 0.251 e. The van der Waals surface area contributed by atoms with Crippen LogP contribution in [0, 0.1) is 5.41 Å². The fraction of sp³-hybridized carbons (Fsp3) is 0.588. The summed E-state index contributed by atoms with van der Waals surface area (Å²) < 4.78 is 0. The summed E-state index contributed by atoms with van der Waals surface area (Å²) in [4.78, 5) is 12.4. The Hall–Kier alpha value is -1.35. The van der Waals surface area contributed by atoms with Crippen molar-refractivity contribution in [2.24, 2.45) is 11.1 Å². The van der Waals surface area contributed by atoms with Crippen molar-refractivity contribution in [1.29, 1.82) is 0 Å². The van der Waals surface area contributed by atoms with Crippen LogP contribution in [-0.4, -0.2) is 19.0 Å². The van der Waals surface area contributed by atoms with Gasteiger partial charge in [0.15, 0.2) is 0 Å². The Morgan fingerprint density at radius 3 is 2.65 bits per heavy atom. The van der Waals surface area contributed by atoms with Crippen LogP contribution in [0.3, 0.4) is 0 Å². The molecule has 0 aromatic heterocycles. The molecule has 1 aromatic carbocycles. The average molecular weight is 274 g/mol. The molecule has 1 aromatic rings.